The molecule has 2 atom stereocenters. The van der Waals surface area contributed by atoms with E-state index in [1.54, 1.807) is 0 Å². The van der Waals surface area contributed by atoms with Crippen LogP contribution in [-0.4, -0.2) is 24.6 Å². The molecule has 2 unspecified atom stereocenters. The molecule has 4 heteroatoms. The lowest BCUT2D eigenvalue weighted by Gasteiger charge is -2.17. The van der Waals surface area contributed by atoms with Crippen LogP contribution in [0.15, 0.2) is 15.9 Å². The summed E-state index contributed by atoms with van der Waals surface area (Å²) in [5.74, 6) is 3.37. The lowest BCUT2D eigenvalue weighted by Crippen LogP contribution is -2.33. The Bertz CT molecular complexity index is 300. The van der Waals surface area contributed by atoms with Gasteiger partial charge < -0.3 is 5.32 Å². The van der Waals surface area contributed by atoms with Gasteiger partial charge in [0.1, 0.15) is 0 Å². The van der Waals surface area contributed by atoms with E-state index in [0.717, 1.165) is 5.92 Å². The average Bonchev–Trinajstić information content (AvgIpc) is 2.77. The molecule has 1 aliphatic rings. The highest BCUT2D eigenvalue weighted by molar-refractivity contribution is 9.10. The van der Waals surface area contributed by atoms with Gasteiger partial charge in [-0.2, -0.15) is 11.8 Å². The van der Waals surface area contributed by atoms with E-state index in [1.807, 2.05) is 11.3 Å². The van der Waals surface area contributed by atoms with Crippen LogP contribution in [-0.2, 0) is 6.42 Å². The third-order valence-corrected chi connectivity index (χ3v) is 5.92. The van der Waals surface area contributed by atoms with Gasteiger partial charge in [-0.1, -0.05) is 0 Å². The fourth-order valence-electron chi connectivity index (χ4n) is 1.83. The number of thioether (sulfide) groups is 1. The van der Waals surface area contributed by atoms with Crippen LogP contribution in [0.2, 0.25) is 0 Å². The van der Waals surface area contributed by atoms with Crippen LogP contribution in [0.25, 0.3) is 0 Å². The van der Waals surface area contributed by atoms with E-state index in [1.165, 1.54) is 27.3 Å². The molecular weight excluding hydrogens is 278 g/mol. The first-order valence-corrected chi connectivity index (χ1v) is 7.61. The first kappa shape index (κ1) is 11.0. The van der Waals surface area contributed by atoms with Gasteiger partial charge in [-0.05, 0) is 52.5 Å². The second-order valence-electron chi connectivity index (χ2n) is 3.59. The minimum atomic E-state index is 0.703. The van der Waals surface area contributed by atoms with Gasteiger partial charge in [-0.25, -0.2) is 0 Å². The third-order valence-electron chi connectivity index (χ3n) is 2.71. The summed E-state index contributed by atoms with van der Waals surface area (Å²) in [6.07, 6.45) is 1.22. The Morgan fingerprint density at radius 2 is 2.43 bits per heavy atom. The second-order valence-corrected chi connectivity index (χ2v) is 6.52. The van der Waals surface area contributed by atoms with E-state index in [0.29, 0.717) is 6.04 Å². The van der Waals surface area contributed by atoms with E-state index in [-0.39, 0.29) is 0 Å². The predicted molar refractivity (Wildman–Crippen MR) is 69.4 cm³/mol. The maximum absolute atomic E-state index is 3.60. The van der Waals surface area contributed by atoms with Crippen LogP contribution in [0.4, 0.5) is 0 Å². The lowest BCUT2D eigenvalue weighted by atomic mass is 9.99. The van der Waals surface area contributed by atoms with Gasteiger partial charge in [0, 0.05) is 21.1 Å². The normalized spacial score (nSPS) is 27.0. The van der Waals surface area contributed by atoms with Gasteiger partial charge in [0.15, 0.2) is 0 Å². The fraction of sp³-hybridized carbons (Fsp3) is 0.600. The van der Waals surface area contributed by atoms with Crippen LogP contribution in [0.5, 0.6) is 0 Å². The van der Waals surface area contributed by atoms with Crippen molar-refractivity contribution < 1.29 is 0 Å². The zero-order chi connectivity index (χ0) is 9.97. The van der Waals surface area contributed by atoms with Crippen LogP contribution in [0, 0.1) is 5.92 Å². The number of hydrogen-bond acceptors (Lipinski definition) is 3. The van der Waals surface area contributed by atoms with E-state index >= 15 is 0 Å². The zero-order valence-corrected chi connectivity index (χ0v) is 11.3. The Hall–Kier alpha value is 0.490. The number of thiophene rings is 1. The summed E-state index contributed by atoms with van der Waals surface area (Å²) in [7, 11) is 2.08. The van der Waals surface area contributed by atoms with Crippen molar-refractivity contribution in [2.75, 3.05) is 18.6 Å². The van der Waals surface area contributed by atoms with Crippen LogP contribution < -0.4 is 5.32 Å². The molecule has 1 saturated heterocycles. The number of rotatable bonds is 3. The fourth-order valence-corrected chi connectivity index (χ4v) is 4.92. The molecule has 14 heavy (non-hydrogen) atoms. The molecule has 78 valence electrons. The molecule has 1 aromatic heterocycles. The molecule has 0 saturated carbocycles. The quantitative estimate of drug-likeness (QED) is 0.919. The molecule has 2 rings (SSSR count). The molecule has 0 aliphatic carbocycles. The lowest BCUT2D eigenvalue weighted by molar-refractivity contribution is 0.455. The maximum Gasteiger partial charge on any atom is 0.0314 e. The summed E-state index contributed by atoms with van der Waals surface area (Å²) < 4.78 is 1.29. The van der Waals surface area contributed by atoms with Crippen molar-refractivity contribution >= 4 is 39.0 Å². The highest BCUT2D eigenvalue weighted by Gasteiger charge is 2.27. The molecule has 0 bridgehead atoms. The van der Waals surface area contributed by atoms with E-state index in [4.69, 9.17) is 0 Å². The first-order valence-electron chi connectivity index (χ1n) is 4.78. The molecule has 1 N–H and O–H groups in total. The summed E-state index contributed by atoms with van der Waals surface area (Å²) in [5, 5.41) is 5.58. The van der Waals surface area contributed by atoms with Crippen molar-refractivity contribution in [3.05, 3.63) is 20.8 Å². The van der Waals surface area contributed by atoms with E-state index in [2.05, 4.69) is 51.5 Å². The third kappa shape index (κ3) is 2.35. The Balaban J connectivity index is 2.00. The van der Waals surface area contributed by atoms with Gasteiger partial charge in [0.25, 0.3) is 0 Å². The van der Waals surface area contributed by atoms with Gasteiger partial charge in [-0.15, -0.1) is 11.3 Å². The Labute approximate surface area is 102 Å². The summed E-state index contributed by atoms with van der Waals surface area (Å²) in [6, 6.07) is 2.85. The second kappa shape index (κ2) is 5.01. The molecule has 0 spiro atoms. The van der Waals surface area contributed by atoms with Crippen molar-refractivity contribution in [3.63, 3.8) is 0 Å². The van der Waals surface area contributed by atoms with Crippen molar-refractivity contribution in [2.45, 2.75) is 12.5 Å². The Morgan fingerprint density at radius 1 is 1.57 bits per heavy atom. The Morgan fingerprint density at radius 3 is 3.07 bits per heavy atom. The highest BCUT2D eigenvalue weighted by Crippen LogP contribution is 2.31. The minimum absolute atomic E-state index is 0.703. The van der Waals surface area contributed by atoms with Crippen molar-refractivity contribution in [2.24, 2.45) is 5.92 Å². The summed E-state index contributed by atoms with van der Waals surface area (Å²) in [6.45, 7) is 0. The summed E-state index contributed by atoms with van der Waals surface area (Å²) in [4.78, 5) is 1.50. The monoisotopic (exact) mass is 291 g/mol. The maximum atomic E-state index is 3.60. The van der Waals surface area contributed by atoms with Crippen molar-refractivity contribution in [3.8, 4) is 0 Å². The number of nitrogens with one attached hydrogen (secondary N) is 1. The molecular formula is C10H14BrNS2. The van der Waals surface area contributed by atoms with Gasteiger partial charge in [-0.3, -0.25) is 0 Å². The molecule has 1 nitrogen and oxygen atoms in total. The van der Waals surface area contributed by atoms with Crippen molar-refractivity contribution in [1.29, 1.82) is 0 Å². The number of hydrogen-bond donors (Lipinski definition) is 1. The first-order chi connectivity index (χ1) is 6.81. The smallest absolute Gasteiger partial charge is 0.0314 e. The SMILES string of the molecule is CNC1CSCC1Cc1sccc1Br. The average molecular weight is 292 g/mol. The molecule has 0 aromatic carbocycles. The van der Waals surface area contributed by atoms with Crippen LogP contribution in [0.1, 0.15) is 4.88 Å². The van der Waals surface area contributed by atoms with Gasteiger partial charge >= 0.3 is 0 Å². The van der Waals surface area contributed by atoms with Crippen LogP contribution in [0.3, 0.4) is 0 Å². The van der Waals surface area contributed by atoms with E-state index < -0.39 is 0 Å². The molecule has 1 aliphatic heterocycles. The highest BCUT2D eigenvalue weighted by atomic mass is 79.9. The minimum Gasteiger partial charge on any atom is -0.316 e. The molecule has 0 amide bonds. The molecule has 2 heterocycles. The van der Waals surface area contributed by atoms with Crippen LogP contribution >= 0.6 is 39.0 Å². The number of halogens is 1. The standard InChI is InChI=1S/C10H14BrNS2/c1-12-9-6-13-5-7(9)4-10-8(11)2-3-14-10/h2-3,7,9,12H,4-6H2,1H3. The van der Waals surface area contributed by atoms with Gasteiger partial charge in [0.2, 0.25) is 0 Å². The predicted octanol–water partition coefficient (Wildman–Crippen LogP) is 3.00. The molecule has 0 radical (unpaired) electrons. The zero-order valence-electron chi connectivity index (χ0n) is 8.13. The largest absolute Gasteiger partial charge is 0.316 e. The van der Waals surface area contributed by atoms with Crippen molar-refractivity contribution in [1.82, 2.24) is 5.32 Å². The molecule has 1 aromatic rings. The Kier molecular flexibility index (Phi) is 3.93. The summed E-state index contributed by atoms with van der Waals surface area (Å²) in [5.41, 5.74) is 0. The van der Waals surface area contributed by atoms with Gasteiger partial charge in [0.05, 0.1) is 0 Å². The summed E-state index contributed by atoms with van der Waals surface area (Å²) >= 11 is 7.53. The topological polar surface area (TPSA) is 12.0 Å². The van der Waals surface area contributed by atoms with E-state index in [9.17, 15) is 0 Å². The molecule has 1 fully saturated rings.